The molecule has 0 spiro atoms. The molecule has 21 heavy (non-hydrogen) atoms. The van der Waals surface area contributed by atoms with E-state index in [4.69, 9.17) is 5.73 Å². The predicted molar refractivity (Wildman–Crippen MR) is 75.3 cm³/mol. The van der Waals surface area contributed by atoms with Crippen molar-refractivity contribution in [2.45, 2.75) is 38.9 Å². The highest BCUT2D eigenvalue weighted by molar-refractivity contribution is 5.40. The lowest BCUT2D eigenvalue weighted by molar-refractivity contribution is -0.141. The number of hydrogen-bond donors (Lipinski definition) is 1. The quantitative estimate of drug-likeness (QED) is 0.939. The van der Waals surface area contributed by atoms with Gasteiger partial charge in [0.25, 0.3) is 0 Å². The SMILES string of the molecule is CCC(N)Cc1ccc(-n2ccc(C(F)(F)F)n2)cc1C. The summed E-state index contributed by atoms with van der Waals surface area (Å²) in [6.45, 7) is 3.95. The fraction of sp³-hybridized carbons (Fsp3) is 0.400. The van der Waals surface area contributed by atoms with Gasteiger partial charge in [-0.1, -0.05) is 13.0 Å². The van der Waals surface area contributed by atoms with Crippen LogP contribution in [0.15, 0.2) is 30.5 Å². The fourth-order valence-corrected chi connectivity index (χ4v) is 2.10. The molecule has 0 saturated heterocycles. The fourth-order valence-electron chi connectivity index (χ4n) is 2.10. The van der Waals surface area contributed by atoms with Gasteiger partial charge in [0.1, 0.15) is 0 Å². The number of hydrogen-bond acceptors (Lipinski definition) is 2. The van der Waals surface area contributed by atoms with Gasteiger partial charge < -0.3 is 5.73 Å². The van der Waals surface area contributed by atoms with Gasteiger partial charge in [-0.15, -0.1) is 0 Å². The Balaban J connectivity index is 2.26. The monoisotopic (exact) mass is 297 g/mol. The second-order valence-corrected chi connectivity index (χ2v) is 5.13. The summed E-state index contributed by atoms with van der Waals surface area (Å²) in [7, 11) is 0. The van der Waals surface area contributed by atoms with E-state index in [0.29, 0.717) is 5.69 Å². The molecular weight excluding hydrogens is 279 g/mol. The van der Waals surface area contributed by atoms with Crippen LogP contribution in [0.3, 0.4) is 0 Å². The summed E-state index contributed by atoms with van der Waals surface area (Å²) < 4.78 is 38.9. The van der Waals surface area contributed by atoms with Gasteiger partial charge in [-0.25, -0.2) is 4.68 Å². The molecule has 0 fully saturated rings. The molecule has 3 nitrogen and oxygen atoms in total. The van der Waals surface area contributed by atoms with Gasteiger partial charge in [-0.05, 0) is 49.1 Å². The first-order chi connectivity index (χ1) is 9.81. The van der Waals surface area contributed by atoms with E-state index < -0.39 is 11.9 Å². The molecule has 0 saturated carbocycles. The minimum Gasteiger partial charge on any atom is -0.327 e. The summed E-state index contributed by atoms with van der Waals surface area (Å²) in [5.74, 6) is 0. The zero-order chi connectivity index (χ0) is 15.6. The number of nitrogens with zero attached hydrogens (tertiary/aromatic N) is 2. The van der Waals surface area contributed by atoms with Crippen molar-refractivity contribution in [3.05, 3.63) is 47.3 Å². The zero-order valence-electron chi connectivity index (χ0n) is 12.0. The first-order valence-corrected chi connectivity index (χ1v) is 6.79. The van der Waals surface area contributed by atoms with Crippen LogP contribution in [-0.4, -0.2) is 15.8 Å². The lowest BCUT2D eigenvalue weighted by Gasteiger charge is -2.12. The summed E-state index contributed by atoms with van der Waals surface area (Å²) >= 11 is 0. The van der Waals surface area contributed by atoms with Crippen LogP contribution in [0, 0.1) is 6.92 Å². The van der Waals surface area contributed by atoms with Crippen LogP contribution in [0.25, 0.3) is 5.69 Å². The van der Waals surface area contributed by atoms with E-state index in [1.807, 2.05) is 26.0 Å². The molecule has 0 amide bonds. The molecule has 2 rings (SSSR count). The minimum absolute atomic E-state index is 0.0936. The number of rotatable bonds is 4. The van der Waals surface area contributed by atoms with Crippen molar-refractivity contribution in [2.75, 3.05) is 0 Å². The van der Waals surface area contributed by atoms with Crippen LogP contribution in [0.1, 0.15) is 30.2 Å². The molecule has 1 atom stereocenters. The molecule has 0 bridgehead atoms. The molecular formula is C15H18F3N3. The number of alkyl halides is 3. The van der Waals surface area contributed by atoms with Crippen LogP contribution in [0.2, 0.25) is 0 Å². The van der Waals surface area contributed by atoms with E-state index in [1.54, 1.807) is 6.07 Å². The first-order valence-electron chi connectivity index (χ1n) is 6.79. The van der Waals surface area contributed by atoms with Gasteiger partial charge in [-0.3, -0.25) is 0 Å². The highest BCUT2D eigenvalue weighted by Crippen LogP contribution is 2.28. The van der Waals surface area contributed by atoms with Crippen molar-refractivity contribution >= 4 is 0 Å². The van der Waals surface area contributed by atoms with E-state index in [9.17, 15) is 13.2 Å². The van der Waals surface area contributed by atoms with E-state index in [-0.39, 0.29) is 6.04 Å². The van der Waals surface area contributed by atoms with Crippen molar-refractivity contribution < 1.29 is 13.2 Å². The second kappa shape index (κ2) is 5.89. The third-order valence-electron chi connectivity index (χ3n) is 3.48. The Morgan fingerprint density at radius 3 is 2.52 bits per heavy atom. The number of aromatic nitrogens is 2. The van der Waals surface area contributed by atoms with E-state index in [2.05, 4.69) is 5.10 Å². The van der Waals surface area contributed by atoms with Gasteiger partial charge in [0.05, 0.1) is 5.69 Å². The molecule has 1 aromatic heterocycles. The normalized spacial score (nSPS) is 13.4. The molecule has 1 aromatic carbocycles. The highest BCUT2D eigenvalue weighted by Gasteiger charge is 2.33. The van der Waals surface area contributed by atoms with Crippen molar-refractivity contribution in [1.29, 1.82) is 0 Å². The number of aryl methyl sites for hydroxylation is 1. The van der Waals surface area contributed by atoms with Gasteiger partial charge >= 0.3 is 6.18 Å². The van der Waals surface area contributed by atoms with Crippen LogP contribution >= 0.6 is 0 Å². The predicted octanol–water partition coefficient (Wildman–Crippen LogP) is 3.48. The Kier molecular flexibility index (Phi) is 4.37. The number of benzene rings is 1. The standard InChI is InChI=1S/C15H18F3N3/c1-3-12(19)9-11-4-5-13(8-10(11)2)21-7-6-14(20-21)15(16,17)18/h4-8,12H,3,9,19H2,1-2H3. The average Bonchev–Trinajstić information content (AvgIpc) is 2.90. The van der Waals surface area contributed by atoms with Gasteiger partial charge in [0.15, 0.2) is 5.69 Å². The van der Waals surface area contributed by atoms with Crippen molar-refractivity contribution in [3.8, 4) is 5.69 Å². The molecule has 0 aliphatic carbocycles. The van der Waals surface area contributed by atoms with Gasteiger partial charge in [-0.2, -0.15) is 18.3 Å². The Hall–Kier alpha value is -1.82. The maximum absolute atomic E-state index is 12.6. The number of halogens is 3. The summed E-state index contributed by atoms with van der Waals surface area (Å²) in [6, 6.07) is 6.55. The first kappa shape index (κ1) is 15.6. The molecule has 0 aliphatic rings. The Labute approximate surface area is 121 Å². The average molecular weight is 297 g/mol. The molecule has 6 heteroatoms. The zero-order valence-corrected chi connectivity index (χ0v) is 12.0. The van der Waals surface area contributed by atoms with E-state index in [0.717, 1.165) is 30.0 Å². The van der Waals surface area contributed by atoms with Crippen molar-refractivity contribution in [1.82, 2.24) is 9.78 Å². The summed E-state index contributed by atoms with van der Waals surface area (Å²) in [5.41, 5.74) is 7.76. The minimum atomic E-state index is -4.42. The molecule has 114 valence electrons. The highest BCUT2D eigenvalue weighted by atomic mass is 19.4. The summed E-state index contributed by atoms with van der Waals surface area (Å²) in [4.78, 5) is 0. The molecule has 0 aliphatic heterocycles. The van der Waals surface area contributed by atoms with Crippen LogP contribution in [0.5, 0.6) is 0 Å². The Bertz CT molecular complexity index is 617. The van der Waals surface area contributed by atoms with Crippen LogP contribution in [0.4, 0.5) is 13.2 Å². The van der Waals surface area contributed by atoms with Gasteiger partial charge in [0.2, 0.25) is 0 Å². The maximum atomic E-state index is 12.6. The molecule has 1 heterocycles. The Morgan fingerprint density at radius 2 is 2.00 bits per heavy atom. The van der Waals surface area contributed by atoms with Gasteiger partial charge in [0, 0.05) is 12.2 Å². The summed E-state index contributed by atoms with van der Waals surface area (Å²) in [6.07, 6.45) is -1.46. The second-order valence-electron chi connectivity index (χ2n) is 5.13. The largest absolute Gasteiger partial charge is 0.435 e. The smallest absolute Gasteiger partial charge is 0.327 e. The maximum Gasteiger partial charge on any atom is 0.435 e. The van der Waals surface area contributed by atoms with Crippen molar-refractivity contribution in [3.63, 3.8) is 0 Å². The molecule has 0 radical (unpaired) electrons. The van der Waals surface area contributed by atoms with E-state index in [1.165, 1.54) is 10.9 Å². The Morgan fingerprint density at radius 1 is 1.29 bits per heavy atom. The van der Waals surface area contributed by atoms with Crippen LogP contribution < -0.4 is 5.73 Å². The number of nitrogens with two attached hydrogens (primary N) is 1. The molecule has 1 unspecified atom stereocenters. The summed E-state index contributed by atoms with van der Waals surface area (Å²) in [5, 5.41) is 3.57. The lowest BCUT2D eigenvalue weighted by Crippen LogP contribution is -2.21. The third-order valence-corrected chi connectivity index (χ3v) is 3.48. The third kappa shape index (κ3) is 3.64. The lowest BCUT2D eigenvalue weighted by atomic mass is 10.00. The topological polar surface area (TPSA) is 43.8 Å². The molecule has 2 N–H and O–H groups in total. The molecule has 2 aromatic rings. The van der Waals surface area contributed by atoms with Crippen molar-refractivity contribution in [2.24, 2.45) is 5.73 Å². The van der Waals surface area contributed by atoms with E-state index >= 15 is 0 Å². The van der Waals surface area contributed by atoms with Crippen LogP contribution in [-0.2, 0) is 12.6 Å².